The van der Waals surface area contributed by atoms with Crippen molar-refractivity contribution in [3.63, 3.8) is 0 Å². The molecule has 0 aromatic heterocycles. The van der Waals surface area contributed by atoms with E-state index in [0.29, 0.717) is 23.6 Å². The van der Waals surface area contributed by atoms with Gasteiger partial charge in [0.25, 0.3) is 0 Å². The van der Waals surface area contributed by atoms with Crippen molar-refractivity contribution < 1.29 is 9.47 Å². The molecule has 2 rings (SSSR count). The van der Waals surface area contributed by atoms with Crippen LogP contribution in [0, 0.1) is 11.8 Å². The van der Waals surface area contributed by atoms with Crippen molar-refractivity contribution in [1.82, 2.24) is 9.80 Å². The number of likely N-dealkylation sites (N-methyl/N-ethyl adjacent to an activating group) is 1. The van der Waals surface area contributed by atoms with E-state index in [4.69, 9.17) is 21.1 Å². The van der Waals surface area contributed by atoms with Crippen LogP contribution in [0.1, 0.15) is 19.4 Å². The van der Waals surface area contributed by atoms with Crippen LogP contribution in [0.4, 0.5) is 0 Å². The van der Waals surface area contributed by atoms with E-state index in [0.717, 1.165) is 36.0 Å². The summed E-state index contributed by atoms with van der Waals surface area (Å²) in [6.07, 6.45) is 0. The highest BCUT2D eigenvalue weighted by Crippen LogP contribution is 2.35. The van der Waals surface area contributed by atoms with Gasteiger partial charge in [-0.3, -0.25) is 4.90 Å². The Morgan fingerprint density at radius 3 is 2.26 bits per heavy atom. The second-order valence-corrected chi connectivity index (χ2v) is 7.34. The minimum Gasteiger partial charge on any atom is -0.493 e. The Hall–Kier alpha value is -0.970. The maximum atomic E-state index is 6.44. The first kappa shape index (κ1) is 18.4. The van der Waals surface area contributed by atoms with E-state index in [2.05, 4.69) is 37.7 Å². The maximum Gasteiger partial charge on any atom is 0.162 e. The Bertz CT molecular complexity index is 518. The second-order valence-electron chi connectivity index (χ2n) is 6.93. The van der Waals surface area contributed by atoms with Crippen LogP contribution in [0.2, 0.25) is 5.02 Å². The third kappa shape index (κ3) is 4.11. The molecule has 0 amide bonds. The first-order chi connectivity index (χ1) is 10.9. The Labute approximate surface area is 145 Å². The lowest BCUT2D eigenvalue weighted by Crippen LogP contribution is -2.37. The molecule has 5 heteroatoms. The fourth-order valence-electron chi connectivity index (χ4n) is 3.48. The predicted octanol–water partition coefficient (Wildman–Crippen LogP) is 3.38. The van der Waals surface area contributed by atoms with Crippen molar-refractivity contribution in [2.24, 2.45) is 11.8 Å². The molecule has 1 aromatic rings. The number of ether oxygens (including phenoxy) is 2. The molecular formula is C18H29ClN2O2. The van der Waals surface area contributed by atoms with Crippen LogP contribution in [0.25, 0.3) is 0 Å². The highest BCUT2D eigenvalue weighted by atomic mass is 35.5. The first-order valence-corrected chi connectivity index (χ1v) is 8.54. The zero-order chi connectivity index (χ0) is 17.1. The molecule has 0 aliphatic carbocycles. The summed E-state index contributed by atoms with van der Waals surface area (Å²) in [6.45, 7) is 7.64. The number of rotatable bonds is 6. The molecule has 0 spiro atoms. The van der Waals surface area contributed by atoms with Crippen LogP contribution in [0.5, 0.6) is 11.5 Å². The number of benzene rings is 1. The van der Waals surface area contributed by atoms with Gasteiger partial charge >= 0.3 is 0 Å². The summed E-state index contributed by atoms with van der Waals surface area (Å²) < 4.78 is 10.7. The van der Waals surface area contributed by atoms with Crippen LogP contribution in [0.3, 0.4) is 0 Å². The van der Waals surface area contributed by atoms with Crippen molar-refractivity contribution in [2.45, 2.75) is 26.4 Å². The molecule has 130 valence electrons. The van der Waals surface area contributed by atoms with Gasteiger partial charge in [-0.05, 0) is 37.6 Å². The number of likely N-dealkylation sites (tertiary alicyclic amines) is 1. The number of nitrogens with zero attached hydrogens (tertiary/aromatic N) is 2. The topological polar surface area (TPSA) is 24.9 Å². The van der Waals surface area contributed by atoms with Gasteiger partial charge in [-0.15, -0.1) is 0 Å². The second kappa shape index (κ2) is 7.73. The Balaban J connectivity index is 2.16. The number of hydrogen-bond acceptors (Lipinski definition) is 4. The zero-order valence-corrected chi connectivity index (χ0v) is 15.9. The van der Waals surface area contributed by atoms with E-state index in [1.165, 1.54) is 0 Å². The molecule has 1 saturated heterocycles. The summed E-state index contributed by atoms with van der Waals surface area (Å²) in [5.41, 5.74) is 1.09. The van der Waals surface area contributed by atoms with E-state index < -0.39 is 0 Å². The highest BCUT2D eigenvalue weighted by Gasteiger charge is 2.35. The summed E-state index contributed by atoms with van der Waals surface area (Å²) in [6, 6.07) is 4.43. The largest absolute Gasteiger partial charge is 0.493 e. The van der Waals surface area contributed by atoms with E-state index >= 15 is 0 Å². The zero-order valence-electron chi connectivity index (χ0n) is 15.1. The highest BCUT2D eigenvalue weighted by molar-refractivity contribution is 6.31. The maximum absolute atomic E-state index is 6.44. The van der Waals surface area contributed by atoms with Gasteiger partial charge in [0, 0.05) is 36.8 Å². The molecule has 0 bridgehead atoms. The molecule has 2 atom stereocenters. The summed E-state index contributed by atoms with van der Waals surface area (Å²) in [7, 11) is 7.63. The average Bonchev–Trinajstić information content (AvgIpc) is 2.93. The Kier molecular flexibility index (Phi) is 6.18. The molecule has 1 heterocycles. The summed E-state index contributed by atoms with van der Waals surface area (Å²) in [5, 5.41) is 0.733. The molecule has 23 heavy (non-hydrogen) atoms. The van der Waals surface area contributed by atoms with Gasteiger partial charge < -0.3 is 14.4 Å². The predicted molar refractivity (Wildman–Crippen MR) is 95.6 cm³/mol. The van der Waals surface area contributed by atoms with Crippen molar-refractivity contribution in [3.05, 3.63) is 22.7 Å². The summed E-state index contributed by atoms with van der Waals surface area (Å²) in [5.74, 6) is 2.77. The van der Waals surface area contributed by atoms with Gasteiger partial charge in [0.05, 0.1) is 14.2 Å². The van der Waals surface area contributed by atoms with Gasteiger partial charge in [0.1, 0.15) is 0 Å². The van der Waals surface area contributed by atoms with Gasteiger partial charge in [-0.25, -0.2) is 0 Å². The monoisotopic (exact) mass is 340 g/mol. The summed E-state index contributed by atoms with van der Waals surface area (Å²) in [4.78, 5) is 4.84. The van der Waals surface area contributed by atoms with Crippen LogP contribution >= 0.6 is 11.6 Å². The average molecular weight is 341 g/mol. The third-order valence-electron chi connectivity index (χ3n) is 4.87. The fourth-order valence-corrected chi connectivity index (χ4v) is 3.70. The number of methoxy groups -OCH3 is 2. The molecule has 1 aliphatic heterocycles. The van der Waals surface area contributed by atoms with E-state index in [1.54, 1.807) is 14.2 Å². The van der Waals surface area contributed by atoms with Crippen molar-refractivity contribution in [2.75, 3.05) is 41.4 Å². The molecule has 1 fully saturated rings. The normalized spacial score (nSPS) is 22.1. The minimum absolute atomic E-state index is 0.592. The quantitative estimate of drug-likeness (QED) is 0.792. The Morgan fingerprint density at radius 2 is 1.78 bits per heavy atom. The van der Waals surface area contributed by atoms with Crippen LogP contribution < -0.4 is 9.47 Å². The number of hydrogen-bond donors (Lipinski definition) is 0. The molecule has 0 N–H and O–H groups in total. The van der Waals surface area contributed by atoms with Crippen LogP contribution in [-0.4, -0.2) is 57.2 Å². The van der Waals surface area contributed by atoms with Crippen molar-refractivity contribution in [3.8, 4) is 11.5 Å². The van der Waals surface area contributed by atoms with Gasteiger partial charge in [0.15, 0.2) is 11.5 Å². The molecule has 0 saturated carbocycles. The van der Waals surface area contributed by atoms with Gasteiger partial charge in [-0.2, -0.15) is 0 Å². The van der Waals surface area contributed by atoms with Crippen LogP contribution in [-0.2, 0) is 6.54 Å². The van der Waals surface area contributed by atoms with Gasteiger partial charge in [-0.1, -0.05) is 25.4 Å². The van der Waals surface area contributed by atoms with E-state index in [1.807, 2.05) is 12.1 Å². The minimum atomic E-state index is 0.592. The first-order valence-electron chi connectivity index (χ1n) is 8.16. The lowest BCUT2D eigenvalue weighted by Gasteiger charge is -2.27. The van der Waals surface area contributed by atoms with Gasteiger partial charge in [0.2, 0.25) is 0 Å². The van der Waals surface area contributed by atoms with Crippen LogP contribution in [0.15, 0.2) is 12.1 Å². The molecule has 1 aliphatic rings. The lowest BCUT2D eigenvalue weighted by molar-refractivity contribution is 0.215. The molecule has 4 nitrogen and oxygen atoms in total. The molecular weight excluding hydrogens is 312 g/mol. The SMILES string of the molecule is COc1cc(Cl)c(CN2C[C@@H](N(C)C)[C@H](C(C)C)C2)cc1OC. The molecule has 0 unspecified atom stereocenters. The van der Waals surface area contributed by atoms with E-state index in [9.17, 15) is 0 Å². The molecule has 0 radical (unpaired) electrons. The summed E-state index contributed by atoms with van der Waals surface area (Å²) >= 11 is 6.44. The van der Waals surface area contributed by atoms with Crippen molar-refractivity contribution in [1.29, 1.82) is 0 Å². The Morgan fingerprint density at radius 1 is 1.17 bits per heavy atom. The van der Waals surface area contributed by atoms with E-state index in [-0.39, 0.29) is 0 Å². The number of halogens is 1. The van der Waals surface area contributed by atoms with Crippen molar-refractivity contribution >= 4 is 11.6 Å². The fraction of sp³-hybridized carbons (Fsp3) is 0.667. The standard InChI is InChI=1S/C18H29ClN2O2/c1-12(2)14-10-21(11-16(14)20(3)4)9-13-7-17(22-5)18(23-6)8-15(13)19/h7-8,12,14,16H,9-11H2,1-6H3/t14-,16+/m0/s1. The molecule has 1 aromatic carbocycles. The smallest absolute Gasteiger partial charge is 0.162 e. The third-order valence-corrected chi connectivity index (χ3v) is 5.23. The lowest BCUT2D eigenvalue weighted by atomic mass is 9.91.